The van der Waals surface area contributed by atoms with Gasteiger partial charge in [0.05, 0.1) is 17.8 Å². The number of hydrogen-bond acceptors (Lipinski definition) is 4. The number of nitrogens with zero attached hydrogens (tertiary/aromatic N) is 4. The van der Waals surface area contributed by atoms with Crippen LogP contribution in [-0.4, -0.2) is 32.2 Å². The number of benzene rings is 2. The van der Waals surface area contributed by atoms with Crippen molar-refractivity contribution < 1.29 is 9.21 Å². The summed E-state index contributed by atoms with van der Waals surface area (Å²) in [6.07, 6.45) is 0. The molecule has 0 saturated heterocycles. The van der Waals surface area contributed by atoms with Gasteiger partial charge in [0.1, 0.15) is 6.54 Å². The Morgan fingerprint density at radius 3 is 2.61 bits per heavy atom. The summed E-state index contributed by atoms with van der Waals surface area (Å²) in [6.45, 7) is 4.78. The number of hydrogen-bond donors (Lipinski definition) is 0. The van der Waals surface area contributed by atoms with Crippen molar-refractivity contribution in [3.63, 3.8) is 0 Å². The molecule has 7 nitrogen and oxygen atoms in total. The molecule has 2 aromatic heterocycles. The summed E-state index contributed by atoms with van der Waals surface area (Å²) in [5, 5.41) is 5.34. The number of amides is 1. The highest BCUT2D eigenvalue weighted by Crippen LogP contribution is 2.20. The van der Waals surface area contributed by atoms with Crippen molar-refractivity contribution in [2.24, 2.45) is 0 Å². The topological polar surface area (TPSA) is 73.3 Å². The summed E-state index contributed by atoms with van der Waals surface area (Å²) in [5.74, 6) is -0.728. The lowest BCUT2D eigenvalue weighted by Gasteiger charge is -2.18. The Morgan fingerprint density at radius 2 is 1.84 bits per heavy atom. The van der Waals surface area contributed by atoms with Gasteiger partial charge in [-0.2, -0.15) is 5.10 Å². The second-order valence-electron chi connectivity index (χ2n) is 7.57. The summed E-state index contributed by atoms with van der Waals surface area (Å²) < 4.78 is 8.48. The van der Waals surface area contributed by atoms with Gasteiger partial charge in [0, 0.05) is 29.9 Å². The van der Waals surface area contributed by atoms with Gasteiger partial charge in [0.2, 0.25) is 5.91 Å². The maximum absolute atomic E-state index is 12.9. The molecule has 0 radical (unpaired) electrons. The van der Waals surface area contributed by atoms with Crippen molar-refractivity contribution in [1.29, 1.82) is 0 Å². The number of oxazole rings is 1. The van der Waals surface area contributed by atoms with E-state index in [1.165, 1.54) is 4.57 Å². The number of rotatable bonds is 6. The predicted molar refractivity (Wildman–Crippen MR) is 119 cm³/mol. The summed E-state index contributed by atoms with van der Waals surface area (Å²) in [7, 11) is 1.72. The maximum atomic E-state index is 12.9. The molecule has 2 heterocycles. The minimum atomic E-state index is -0.539. The molecule has 0 N–H and O–H groups in total. The van der Waals surface area contributed by atoms with Gasteiger partial charge in [-0.05, 0) is 37.6 Å². The monoisotopic (exact) mass is 438 g/mol. The first-order valence-corrected chi connectivity index (χ1v) is 10.3. The second-order valence-corrected chi connectivity index (χ2v) is 7.98. The SMILES string of the molecule is Cc1nn(Cc2ccccc2Cl)c(C)c1CN(C)C(=O)Cn1c(=O)oc2ccccc21. The Labute approximate surface area is 184 Å². The van der Waals surface area contributed by atoms with Crippen LogP contribution in [0.2, 0.25) is 5.02 Å². The molecule has 0 aliphatic carbocycles. The van der Waals surface area contributed by atoms with E-state index in [1.54, 1.807) is 30.1 Å². The molecule has 0 atom stereocenters. The molecule has 0 bridgehead atoms. The fourth-order valence-electron chi connectivity index (χ4n) is 3.65. The van der Waals surface area contributed by atoms with Gasteiger partial charge in [0.15, 0.2) is 5.58 Å². The van der Waals surface area contributed by atoms with E-state index in [4.69, 9.17) is 16.0 Å². The van der Waals surface area contributed by atoms with Crippen LogP contribution in [0, 0.1) is 13.8 Å². The van der Waals surface area contributed by atoms with Crippen molar-refractivity contribution in [3.8, 4) is 0 Å². The average Bonchev–Trinajstić information content (AvgIpc) is 3.20. The van der Waals surface area contributed by atoms with E-state index in [0.29, 0.717) is 29.2 Å². The number of aromatic nitrogens is 3. The van der Waals surface area contributed by atoms with E-state index < -0.39 is 5.76 Å². The van der Waals surface area contributed by atoms with Gasteiger partial charge in [0.25, 0.3) is 0 Å². The molecule has 0 fully saturated rings. The molecule has 2 aromatic carbocycles. The molecule has 4 aromatic rings. The highest BCUT2D eigenvalue weighted by molar-refractivity contribution is 6.31. The molecule has 31 heavy (non-hydrogen) atoms. The van der Waals surface area contributed by atoms with E-state index in [1.807, 2.05) is 48.9 Å². The van der Waals surface area contributed by atoms with Crippen LogP contribution in [0.1, 0.15) is 22.5 Å². The summed E-state index contributed by atoms with van der Waals surface area (Å²) >= 11 is 6.29. The predicted octanol–water partition coefficient (Wildman–Crippen LogP) is 3.77. The molecular weight excluding hydrogens is 416 g/mol. The molecule has 0 aliphatic heterocycles. The fraction of sp³-hybridized carbons (Fsp3) is 0.261. The summed E-state index contributed by atoms with van der Waals surface area (Å²) in [6, 6.07) is 14.7. The lowest BCUT2D eigenvalue weighted by molar-refractivity contribution is -0.131. The van der Waals surface area contributed by atoms with E-state index in [9.17, 15) is 9.59 Å². The molecule has 160 valence electrons. The number of fused-ring (bicyclic) bond motifs is 1. The van der Waals surface area contributed by atoms with Crippen molar-refractivity contribution >= 4 is 28.6 Å². The van der Waals surface area contributed by atoms with Gasteiger partial charge in [-0.25, -0.2) is 4.79 Å². The van der Waals surface area contributed by atoms with Crippen LogP contribution in [0.4, 0.5) is 0 Å². The minimum Gasteiger partial charge on any atom is -0.408 e. The highest BCUT2D eigenvalue weighted by Gasteiger charge is 2.19. The molecule has 1 amide bonds. The quantitative estimate of drug-likeness (QED) is 0.459. The van der Waals surface area contributed by atoms with Crippen LogP contribution in [-0.2, 0) is 24.4 Å². The number of likely N-dealkylation sites (N-methyl/N-ethyl adjacent to an activating group) is 1. The lowest BCUT2D eigenvalue weighted by atomic mass is 10.1. The molecule has 0 unspecified atom stereocenters. The Kier molecular flexibility index (Phi) is 5.69. The van der Waals surface area contributed by atoms with Crippen LogP contribution in [0.5, 0.6) is 0 Å². The first-order valence-electron chi connectivity index (χ1n) is 9.93. The van der Waals surface area contributed by atoms with Crippen LogP contribution in [0.3, 0.4) is 0 Å². The Hall–Kier alpha value is -3.32. The van der Waals surface area contributed by atoms with Gasteiger partial charge >= 0.3 is 5.76 Å². The standard InChI is InChI=1S/C23H23ClN4O3/c1-15-18(16(2)28(25-15)12-17-8-4-5-9-19(17)24)13-26(3)22(29)14-27-20-10-6-7-11-21(20)31-23(27)30/h4-11H,12-14H2,1-3H3. The Morgan fingerprint density at radius 1 is 1.13 bits per heavy atom. The van der Waals surface area contributed by atoms with Gasteiger partial charge in [-0.3, -0.25) is 14.0 Å². The van der Waals surface area contributed by atoms with E-state index in [2.05, 4.69) is 5.10 Å². The van der Waals surface area contributed by atoms with E-state index in [-0.39, 0.29) is 12.5 Å². The third kappa shape index (κ3) is 4.14. The van der Waals surface area contributed by atoms with Crippen LogP contribution in [0.25, 0.3) is 11.1 Å². The average molecular weight is 439 g/mol. The molecule has 8 heteroatoms. The number of aryl methyl sites for hydroxylation is 1. The molecular formula is C23H23ClN4O3. The summed E-state index contributed by atoms with van der Waals surface area (Å²) in [4.78, 5) is 26.6. The normalized spacial score (nSPS) is 11.2. The number of para-hydroxylation sites is 2. The minimum absolute atomic E-state index is 0.0851. The van der Waals surface area contributed by atoms with Crippen LogP contribution < -0.4 is 5.76 Å². The molecule has 0 spiro atoms. The first kappa shape index (κ1) is 20.9. The Balaban J connectivity index is 1.52. The van der Waals surface area contributed by atoms with Crippen LogP contribution >= 0.6 is 11.6 Å². The maximum Gasteiger partial charge on any atom is 0.420 e. The number of carbonyl (C=O) groups is 1. The zero-order chi connectivity index (χ0) is 22.1. The smallest absolute Gasteiger partial charge is 0.408 e. The zero-order valence-corrected chi connectivity index (χ0v) is 18.4. The third-order valence-electron chi connectivity index (χ3n) is 5.50. The molecule has 0 aliphatic rings. The number of carbonyl (C=O) groups excluding carboxylic acids is 1. The van der Waals surface area contributed by atoms with E-state index >= 15 is 0 Å². The van der Waals surface area contributed by atoms with Crippen LogP contribution in [0.15, 0.2) is 57.7 Å². The molecule has 0 saturated carbocycles. The zero-order valence-electron chi connectivity index (χ0n) is 17.6. The van der Waals surface area contributed by atoms with Gasteiger partial charge in [-0.1, -0.05) is 41.9 Å². The third-order valence-corrected chi connectivity index (χ3v) is 5.87. The molecule has 4 rings (SSSR count). The first-order chi connectivity index (χ1) is 14.8. The van der Waals surface area contributed by atoms with Gasteiger partial charge in [-0.15, -0.1) is 0 Å². The van der Waals surface area contributed by atoms with Crippen molar-refractivity contribution in [1.82, 2.24) is 19.2 Å². The Bertz CT molecular complexity index is 1320. The fourth-order valence-corrected chi connectivity index (χ4v) is 3.85. The highest BCUT2D eigenvalue weighted by atomic mass is 35.5. The van der Waals surface area contributed by atoms with Crippen molar-refractivity contribution in [2.45, 2.75) is 33.5 Å². The van der Waals surface area contributed by atoms with Crippen molar-refractivity contribution in [2.75, 3.05) is 7.05 Å². The second kappa shape index (κ2) is 8.43. The van der Waals surface area contributed by atoms with Crippen molar-refractivity contribution in [3.05, 3.63) is 86.6 Å². The lowest BCUT2D eigenvalue weighted by Crippen LogP contribution is -2.32. The summed E-state index contributed by atoms with van der Waals surface area (Å²) in [5.41, 5.74) is 4.87. The largest absolute Gasteiger partial charge is 0.420 e. The van der Waals surface area contributed by atoms with Gasteiger partial charge < -0.3 is 9.32 Å². The number of halogens is 1. The van der Waals surface area contributed by atoms with E-state index in [0.717, 1.165) is 22.5 Å².